The van der Waals surface area contributed by atoms with Crippen molar-refractivity contribution in [3.63, 3.8) is 0 Å². The van der Waals surface area contributed by atoms with Gasteiger partial charge in [0.05, 0.1) is 5.56 Å². The molecule has 2 heterocycles. The van der Waals surface area contributed by atoms with Gasteiger partial charge in [0.1, 0.15) is 11.6 Å². The molecule has 0 radical (unpaired) electrons. The summed E-state index contributed by atoms with van der Waals surface area (Å²) in [6, 6.07) is 14.2. The summed E-state index contributed by atoms with van der Waals surface area (Å²) in [4.78, 5) is 84.5. The van der Waals surface area contributed by atoms with Crippen LogP contribution in [0.15, 0.2) is 83.8 Å². The predicted molar refractivity (Wildman–Crippen MR) is 276 cm³/mol. The van der Waals surface area contributed by atoms with Crippen LogP contribution in [0.2, 0.25) is 0 Å². The van der Waals surface area contributed by atoms with E-state index in [1.165, 1.54) is 72.2 Å². The zero-order valence-corrected chi connectivity index (χ0v) is 43.0. The second-order valence-corrected chi connectivity index (χ2v) is 21.4. The zero-order chi connectivity index (χ0) is 52.4. The molecule has 6 aromatic rings. The maximum absolute atomic E-state index is 15.0. The van der Waals surface area contributed by atoms with E-state index < -0.39 is 35.3 Å². The smallest absolute Gasteiger partial charge is 0.335 e. The van der Waals surface area contributed by atoms with Crippen molar-refractivity contribution in [2.45, 2.75) is 75.7 Å². The highest BCUT2D eigenvalue weighted by atomic mass is 32.1. The molecule has 5 amide bonds. The van der Waals surface area contributed by atoms with Crippen LogP contribution >= 0.6 is 22.7 Å². The number of hydrogen-bond acceptors (Lipinski definition) is 10. The van der Waals surface area contributed by atoms with Gasteiger partial charge in [0.2, 0.25) is 0 Å². The molecule has 14 nitrogen and oxygen atoms in total. The Labute approximate surface area is 420 Å². The number of carbonyl (C=O) groups excluding carboxylic acids is 5. The molecule has 0 saturated carbocycles. The standard InChI is InChI=1S/C29H35FN4O3S.C24H24FN3O4S/c1-17(2)9-10-31-26(36)20-14-22(18(3)24(30)15-20)21-8-7-19(25(35)33-16-29(4,5)6)13-23(21)27(37)34-28-32-11-12-38-28;1-13-17(10-15(22(31)32)11-19(13)25)16-6-5-14(20(29)27-12-24(2,3)4)9-18(16)21(30)28-23-26-7-8-33-23/h7-8,11-15,17H,9-10,16H2,1-6H3,(H,31,36)(H,33,35)(H,32,34,37);5-11H,12H2,1-4H3,(H,27,29)(H,31,32)(H,26,28,30). The van der Waals surface area contributed by atoms with Crippen LogP contribution in [0, 0.1) is 42.2 Å². The molecule has 0 saturated heterocycles. The fourth-order valence-corrected chi connectivity index (χ4v) is 7.81. The molecule has 71 heavy (non-hydrogen) atoms. The fourth-order valence-electron chi connectivity index (χ4n) is 6.76. The van der Waals surface area contributed by atoms with Crippen molar-refractivity contribution in [3.05, 3.63) is 140 Å². The molecule has 4 aromatic carbocycles. The summed E-state index contributed by atoms with van der Waals surface area (Å²) in [6.45, 7) is 20.5. The average Bonchev–Trinajstić information content (AvgIpc) is 4.03. The molecule has 2 aromatic heterocycles. The van der Waals surface area contributed by atoms with Gasteiger partial charge in [-0.1, -0.05) is 67.5 Å². The Hall–Kier alpha value is -7.18. The van der Waals surface area contributed by atoms with Gasteiger partial charge in [-0.3, -0.25) is 34.6 Å². The Morgan fingerprint density at radius 3 is 1.35 bits per heavy atom. The first-order chi connectivity index (χ1) is 33.3. The predicted octanol–water partition coefficient (Wildman–Crippen LogP) is 11.0. The largest absolute Gasteiger partial charge is 0.478 e. The highest BCUT2D eigenvalue weighted by Gasteiger charge is 2.24. The van der Waals surface area contributed by atoms with Gasteiger partial charge in [-0.2, -0.15) is 0 Å². The van der Waals surface area contributed by atoms with Crippen molar-refractivity contribution in [1.82, 2.24) is 25.9 Å². The first-order valence-electron chi connectivity index (χ1n) is 22.7. The summed E-state index contributed by atoms with van der Waals surface area (Å²) in [5.74, 6) is -4.26. The average molecular weight is 1010 g/mol. The normalized spacial score (nSPS) is 11.3. The van der Waals surface area contributed by atoms with E-state index in [9.17, 15) is 38.3 Å². The van der Waals surface area contributed by atoms with E-state index in [0.717, 1.165) is 12.5 Å². The Kier molecular flexibility index (Phi) is 18.2. The monoisotopic (exact) mass is 1010 g/mol. The van der Waals surface area contributed by atoms with E-state index in [1.807, 2.05) is 41.5 Å². The number of benzene rings is 4. The first-order valence-corrected chi connectivity index (χ1v) is 24.5. The first kappa shape index (κ1) is 54.8. The van der Waals surface area contributed by atoms with Crippen molar-refractivity contribution in [2.24, 2.45) is 16.7 Å². The number of carbonyl (C=O) groups is 6. The summed E-state index contributed by atoms with van der Waals surface area (Å²) in [5.41, 5.74) is 2.29. The summed E-state index contributed by atoms with van der Waals surface area (Å²) >= 11 is 2.48. The number of carboxylic acids is 1. The number of rotatable bonds is 15. The molecule has 0 aliphatic rings. The number of halogens is 2. The minimum atomic E-state index is -1.29. The number of amides is 5. The number of thiazole rings is 2. The van der Waals surface area contributed by atoms with Crippen LogP contribution in [-0.4, -0.2) is 70.2 Å². The van der Waals surface area contributed by atoms with Crippen LogP contribution in [-0.2, 0) is 0 Å². The molecule has 0 aliphatic heterocycles. The van der Waals surface area contributed by atoms with Gasteiger partial charge >= 0.3 is 5.97 Å². The quantitative estimate of drug-likeness (QED) is 0.0577. The second-order valence-electron chi connectivity index (χ2n) is 19.6. The van der Waals surface area contributed by atoms with Gasteiger partial charge in [-0.25, -0.2) is 23.5 Å². The van der Waals surface area contributed by atoms with Crippen molar-refractivity contribution in [3.8, 4) is 22.3 Å². The third-order valence-corrected chi connectivity index (χ3v) is 12.1. The lowest BCUT2D eigenvalue weighted by molar-refractivity contribution is 0.0695. The van der Waals surface area contributed by atoms with Gasteiger partial charge in [-0.05, 0) is 119 Å². The van der Waals surface area contributed by atoms with Gasteiger partial charge in [0.15, 0.2) is 10.3 Å². The molecule has 0 unspecified atom stereocenters. The molecule has 18 heteroatoms. The maximum atomic E-state index is 15.0. The van der Waals surface area contributed by atoms with E-state index in [0.29, 0.717) is 58.1 Å². The molecule has 0 atom stereocenters. The Bertz CT molecular complexity index is 2930. The van der Waals surface area contributed by atoms with Gasteiger partial charge < -0.3 is 21.1 Å². The summed E-state index contributed by atoms with van der Waals surface area (Å²) in [7, 11) is 0. The van der Waals surface area contributed by atoms with Gasteiger partial charge in [0.25, 0.3) is 29.5 Å². The molecule has 0 bridgehead atoms. The number of hydrogen-bond donors (Lipinski definition) is 6. The van der Waals surface area contributed by atoms with Crippen molar-refractivity contribution in [2.75, 3.05) is 30.3 Å². The van der Waals surface area contributed by atoms with Crippen LogP contribution in [0.5, 0.6) is 0 Å². The molecule has 6 N–H and O–H groups in total. The van der Waals surface area contributed by atoms with Crippen molar-refractivity contribution < 1.29 is 42.7 Å². The molecule has 0 spiro atoms. The van der Waals surface area contributed by atoms with E-state index in [4.69, 9.17) is 0 Å². The Morgan fingerprint density at radius 1 is 0.563 bits per heavy atom. The summed E-state index contributed by atoms with van der Waals surface area (Å²) in [5, 5.41) is 27.5. The molecule has 0 fully saturated rings. The molecular weight excluding hydrogens is 949 g/mol. The lowest BCUT2D eigenvalue weighted by atomic mass is 9.91. The second kappa shape index (κ2) is 23.6. The minimum absolute atomic E-state index is 0.0960. The lowest BCUT2D eigenvalue weighted by Crippen LogP contribution is -2.32. The highest BCUT2D eigenvalue weighted by Crippen LogP contribution is 2.33. The maximum Gasteiger partial charge on any atom is 0.335 e. The Morgan fingerprint density at radius 2 is 0.972 bits per heavy atom. The third kappa shape index (κ3) is 15.4. The Balaban J connectivity index is 0.000000267. The van der Waals surface area contributed by atoms with E-state index >= 15 is 4.39 Å². The highest BCUT2D eigenvalue weighted by molar-refractivity contribution is 7.14. The number of aromatic nitrogens is 2. The van der Waals surface area contributed by atoms with Crippen LogP contribution in [0.4, 0.5) is 19.0 Å². The fraction of sp³-hybridized carbons (Fsp3) is 0.321. The van der Waals surface area contributed by atoms with Crippen LogP contribution < -0.4 is 26.6 Å². The van der Waals surface area contributed by atoms with Crippen molar-refractivity contribution in [1.29, 1.82) is 0 Å². The number of anilines is 2. The molecule has 374 valence electrons. The van der Waals surface area contributed by atoms with Crippen LogP contribution in [0.1, 0.15) is 135 Å². The summed E-state index contributed by atoms with van der Waals surface area (Å²) in [6.07, 6.45) is 3.90. The summed E-state index contributed by atoms with van der Waals surface area (Å²) < 4.78 is 29.5. The number of aromatic carboxylic acids is 1. The number of nitrogens with zero attached hydrogens (tertiary/aromatic N) is 2. The zero-order valence-electron chi connectivity index (χ0n) is 41.4. The topological polar surface area (TPSA) is 209 Å². The van der Waals surface area contributed by atoms with Crippen molar-refractivity contribution >= 4 is 68.4 Å². The molecule has 0 aliphatic carbocycles. The lowest BCUT2D eigenvalue weighted by Gasteiger charge is -2.19. The van der Waals surface area contributed by atoms with Crippen LogP contribution in [0.25, 0.3) is 22.3 Å². The SMILES string of the molecule is Cc1c(F)cc(C(=O)NCCC(C)C)cc1-c1ccc(C(=O)NCC(C)(C)C)cc1C(=O)Nc1nccs1.Cc1c(F)cc(C(=O)O)cc1-c1ccc(C(=O)NCC(C)(C)C)cc1C(=O)Nc1nccs1. The van der Waals surface area contributed by atoms with E-state index in [-0.39, 0.29) is 67.2 Å². The van der Waals surface area contributed by atoms with Gasteiger partial charge in [0, 0.05) is 70.6 Å². The minimum Gasteiger partial charge on any atom is -0.478 e. The molecule has 6 rings (SSSR count). The van der Waals surface area contributed by atoms with Gasteiger partial charge in [-0.15, -0.1) is 22.7 Å². The van der Waals surface area contributed by atoms with Crippen LogP contribution in [0.3, 0.4) is 0 Å². The number of carboxylic acid groups (broad SMARTS) is 1. The third-order valence-electron chi connectivity index (χ3n) is 10.7. The van der Waals surface area contributed by atoms with E-state index in [2.05, 4.69) is 50.4 Å². The van der Waals surface area contributed by atoms with E-state index in [1.54, 1.807) is 42.1 Å². The molecular formula is C53H59F2N7O7S2. The number of nitrogens with one attached hydrogen (secondary N) is 5.